The molecule has 2 N–H and O–H groups in total. The molecule has 31 heavy (non-hydrogen) atoms. The highest BCUT2D eigenvalue weighted by atomic mass is 35.5. The van der Waals surface area contributed by atoms with Gasteiger partial charge in [-0.3, -0.25) is 9.59 Å². The lowest BCUT2D eigenvalue weighted by Crippen LogP contribution is -2.14. The summed E-state index contributed by atoms with van der Waals surface area (Å²) in [7, 11) is 0. The van der Waals surface area contributed by atoms with Crippen molar-refractivity contribution >= 4 is 50.7 Å². The number of carbonyl (C=O) groups is 2. The summed E-state index contributed by atoms with van der Waals surface area (Å²) in [5.41, 5.74) is 2.48. The molecule has 0 atom stereocenters. The Morgan fingerprint density at radius 2 is 1.48 bits per heavy atom. The summed E-state index contributed by atoms with van der Waals surface area (Å²) in [6, 6.07) is 27.6. The van der Waals surface area contributed by atoms with Crippen LogP contribution in [0.2, 0.25) is 5.02 Å². The van der Waals surface area contributed by atoms with Gasteiger partial charge in [0.05, 0.1) is 5.69 Å². The number of rotatable bonds is 4. The summed E-state index contributed by atoms with van der Waals surface area (Å²) in [6.45, 7) is 0. The van der Waals surface area contributed by atoms with Crippen molar-refractivity contribution in [1.29, 1.82) is 0 Å². The zero-order valence-corrected chi connectivity index (χ0v) is 17.1. The van der Waals surface area contributed by atoms with Gasteiger partial charge in [-0.25, -0.2) is 0 Å². The molecule has 5 heteroatoms. The zero-order valence-electron chi connectivity index (χ0n) is 16.4. The van der Waals surface area contributed by atoms with Gasteiger partial charge in [0.1, 0.15) is 5.69 Å². The number of nitrogens with one attached hydrogen (secondary N) is 2. The maximum absolute atomic E-state index is 13.2. The SMILES string of the molecule is O=C(Nc1c(C(=O)c2ccccc2)[nH]c2cc(Cl)ccc12)c1ccc2ccccc2c1. The van der Waals surface area contributed by atoms with Crippen molar-refractivity contribution in [3.8, 4) is 0 Å². The van der Waals surface area contributed by atoms with Gasteiger partial charge < -0.3 is 10.3 Å². The van der Waals surface area contributed by atoms with Crippen LogP contribution in [0.4, 0.5) is 5.69 Å². The summed E-state index contributed by atoms with van der Waals surface area (Å²) >= 11 is 6.14. The monoisotopic (exact) mass is 424 g/mol. The van der Waals surface area contributed by atoms with E-state index < -0.39 is 0 Å². The number of H-pyrrole nitrogens is 1. The molecule has 0 radical (unpaired) electrons. The molecule has 0 saturated heterocycles. The molecule has 5 rings (SSSR count). The van der Waals surface area contributed by atoms with Crippen LogP contribution in [-0.4, -0.2) is 16.7 Å². The van der Waals surface area contributed by atoms with Crippen LogP contribution in [-0.2, 0) is 0 Å². The van der Waals surface area contributed by atoms with E-state index in [4.69, 9.17) is 11.6 Å². The summed E-state index contributed by atoms with van der Waals surface area (Å²) in [5, 5.41) is 6.24. The molecule has 0 bridgehead atoms. The molecule has 5 aromatic rings. The fourth-order valence-electron chi connectivity index (χ4n) is 3.72. The van der Waals surface area contributed by atoms with Crippen molar-refractivity contribution in [3.63, 3.8) is 0 Å². The van der Waals surface area contributed by atoms with Gasteiger partial charge in [0, 0.05) is 27.1 Å². The molecule has 1 heterocycles. The van der Waals surface area contributed by atoms with Gasteiger partial charge in [-0.1, -0.05) is 72.3 Å². The molecule has 4 nitrogen and oxygen atoms in total. The lowest BCUT2D eigenvalue weighted by molar-refractivity contribution is 0.102. The summed E-state index contributed by atoms with van der Waals surface area (Å²) in [6.07, 6.45) is 0. The zero-order chi connectivity index (χ0) is 21.4. The van der Waals surface area contributed by atoms with E-state index in [-0.39, 0.29) is 11.7 Å². The molecule has 0 saturated carbocycles. The second kappa shape index (κ2) is 7.74. The second-order valence-corrected chi connectivity index (χ2v) is 7.71. The Bertz CT molecular complexity index is 1450. The Morgan fingerprint density at radius 1 is 0.742 bits per heavy atom. The number of benzene rings is 4. The number of aromatic amines is 1. The van der Waals surface area contributed by atoms with Crippen LogP contribution in [0, 0.1) is 0 Å². The van der Waals surface area contributed by atoms with E-state index in [1.165, 1.54) is 0 Å². The van der Waals surface area contributed by atoms with Gasteiger partial charge in [0.2, 0.25) is 5.78 Å². The first-order valence-electron chi connectivity index (χ1n) is 9.81. The fraction of sp³-hybridized carbons (Fsp3) is 0. The number of hydrogen-bond donors (Lipinski definition) is 2. The van der Waals surface area contributed by atoms with E-state index in [0.29, 0.717) is 33.0 Å². The molecule has 1 amide bonds. The summed E-state index contributed by atoms with van der Waals surface area (Å²) < 4.78 is 0. The van der Waals surface area contributed by atoms with Gasteiger partial charge in [-0.05, 0) is 41.1 Å². The maximum atomic E-state index is 13.2. The molecular weight excluding hydrogens is 408 g/mol. The number of ketones is 1. The van der Waals surface area contributed by atoms with E-state index in [1.54, 1.807) is 48.5 Å². The molecule has 4 aromatic carbocycles. The Morgan fingerprint density at radius 3 is 2.29 bits per heavy atom. The Balaban J connectivity index is 1.59. The third kappa shape index (κ3) is 3.58. The van der Waals surface area contributed by atoms with Crippen molar-refractivity contribution in [2.75, 3.05) is 5.32 Å². The average molecular weight is 425 g/mol. The Kier molecular flexibility index (Phi) is 4.77. The lowest BCUT2D eigenvalue weighted by Gasteiger charge is -2.08. The largest absolute Gasteiger partial charge is 0.350 e. The highest BCUT2D eigenvalue weighted by Crippen LogP contribution is 2.32. The van der Waals surface area contributed by atoms with Crippen LogP contribution in [0.3, 0.4) is 0 Å². The predicted molar refractivity (Wildman–Crippen MR) is 125 cm³/mol. The molecule has 0 fully saturated rings. The van der Waals surface area contributed by atoms with Crippen molar-refractivity contribution < 1.29 is 9.59 Å². The second-order valence-electron chi connectivity index (χ2n) is 7.28. The first kappa shape index (κ1) is 19.1. The molecule has 0 spiro atoms. The molecule has 150 valence electrons. The van der Waals surface area contributed by atoms with Crippen LogP contribution < -0.4 is 5.32 Å². The molecule has 1 aromatic heterocycles. The first-order valence-corrected chi connectivity index (χ1v) is 10.2. The minimum atomic E-state index is -0.288. The Hall–Kier alpha value is -3.89. The van der Waals surface area contributed by atoms with Gasteiger partial charge in [0.15, 0.2) is 0 Å². The molecule has 0 aliphatic carbocycles. The van der Waals surface area contributed by atoms with Crippen LogP contribution >= 0.6 is 11.6 Å². The lowest BCUT2D eigenvalue weighted by atomic mass is 10.1. The van der Waals surface area contributed by atoms with Gasteiger partial charge in [-0.15, -0.1) is 0 Å². The number of anilines is 1. The number of hydrogen-bond acceptors (Lipinski definition) is 2. The number of amides is 1. The molecular formula is C26H17ClN2O2. The highest BCUT2D eigenvalue weighted by molar-refractivity contribution is 6.31. The molecule has 0 unspecified atom stereocenters. The number of aromatic nitrogens is 1. The van der Waals surface area contributed by atoms with Crippen LogP contribution in [0.5, 0.6) is 0 Å². The highest BCUT2D eigenvalue weighted by Gasteiger charge is 2.21. The average Bonchev–Trinajstić information content (AvgIpc) is 3.15. The smallest absolute Gasteiger partial charge is 0.255 e. The third-order valence-electron chi connectivity index (χ3n) is 5.27. The van der Waals surface area contributed by atoms with Crippen LogP contribution in [0.1, 0.15) is 26.4 Å². The van der Waals surface area contributed by atoms with E-state index >= 15 is 0 Å². The topological polar surface area (TPSA) is 62.0 Å². The van der Waals surface area contributed by atoms with Crippen molar-refractivity contribution in [3.05, 3.63) is 113 Å². The van der Waals surface area contributed by atoms with Gasteiger partial charge in [0.25, 0.3) is 5.91 Å². The number of carbonyl (C=O) groups excluding carboxylic acids is 2. The minimum Gasteiger partial charge on any atom is -0.350 e. The number of fused-ring (bicyclic) bond motifs is 2. The third-order valence-corrected chi connectivity index (χ3v) is 5.51. The first-order chi connectivity index (χ1) is 15.1. The van der Waals surface area contributed by atoms with Gasteiger partial charge in [-0.2, -0.15) is 0 Å². The Labute approximate surface area is 183 Å². The predicted octanol–water partition coefficient (Wildman–Crippen LogP) is 6.46. The van der Waals surface area contributed by atoms with E-state index in [1.807, 2.05) is 42.5 Å². The van der Waals surface area contributed by atoms with Crippen molar-refractivity contribution in [1.82, 2.24) is 4.98 Å². The maximum Gasteiger partial charge on any atom is 0.255 e. The summed E-state index contributed by atoms with van der Waals surface area (Å²) in [4.78, 5) is 29.5. The fourth-order valence-corrected chi connectivity index (χ4v) is 3.89. The number of halogens is 1. The quantitative estimate of drug-likeness (QED) is 0.325. The van der Waals surface area contributed by atoms with E-state index in [2.05, 4.69) is 10.3 Å². The van der Waals surface area contributed by atoms with Crippen LogP contribution in [0.15, 0.2) is 91.0 Å². The van der Waals surface area contributed by atoms with E-state index in [0.717, 1.165) is 16.2 Å². The molecule has 0 aliphatic heterocycles. The summed E-state index contributed by atoms with van der Waals surface area (Å²) in [5.74, 6) is -0.495. The van der Waals surface area contributed by atoms with Crippen molar-refractivity contribution in [2.45, 2.75) is 0 Å². The van der Waals surface area contributed by atoms with Crippen molar-refractivity contribution in [2.24, 2.45) is 0 Å². The standard InChI is InChI=1S/C26H17ClN2O2/c27-20-12-13-21-22(15-20)28-24(25(30)17-7-2-1-3-8-17)23(21)29-26(31)19-11-10-16-6-4-5-9-18(16)14-19/h1-15,28H,(H,29,31). The van der Waals surface area contributed by atoms with E-state index in [9.17, 15) is 9.59 Å². The molecule has 0 aliphatic rings. The normalized spacial score (nSPS) is 11.0. The van der Waals surface area contributed by atoms with Gasteiger partial charge >= 0.3 is 0 Å². The van der Waals surface area contributed by atoms with Crippen LogP contribution in [0.25, 0.3) is 21.7 Å². The minimum absolute atomic E-state index is 0.207.